The van der Waals surface area contributed by atoms with Crippen LogP contribution >= 0.6 is 22.9 Å². The number of ketones is 1. The lowest BCUT2D eigenvalue weighted by Gasteiger charge is -2.12. The van der Waals surface area contributed by atoms with Crippen LogP contribution in [0, 0.1) is 0 Å². The predicted octanol–water partition coefficient (Wildman–Crippen LogP) is 4.58. The highest BCUT2D eigenvalue weighted by Crippen LogP contribution is 2.33. The normalized spacial score (nSPS) is 11.5. The molecule has 2 aromatic heterocycles. The molecule has 0 spiro atoms. The molecule has 0 saturated heterocycles. The van der Waals surface area contributed by atoms with Crippen LogP contribution in [0.15, 0.2) is 41.8 Å². The van der Waals surface area contributed by atoms with Gasteiger partial charge in [0, 0.05) is 10.6 Å². The average molecular weight is 399 g/mol. The number of Topliss-reactive ketones (excluding diaryl/α,β-unsaturated/α-hetero) is 1. The van der Waals surface area contributed by atoms with E-state index in [1.165, 1.54) is 41.7 Å². The van der Waals surface area contributed by atoms with Crippen molar-refractivity contribution in [3.8, 4) is 0 Å². The maximum atomic E-state index is 13.2. The SMILES string of the molecule is O=C(CNC(=O)c1cc2sccc2nc1C(F)(F)F)c1ccc(Cl)cc1. The van der Waals surface area contributed by atoms with Crippen molar-refractivity contribution in [2.75, 3.05) is 6.54 Å². The van der Waals surface area contributed by atoms with Gasteiger partial charge in [-0.25, -0.2) is 4.98 Å². The fraction of sp³-hybridized carbons (Fsp3) is 0.118. The van der Waals surface area contributed by atoms with Gasteiger partial charge in [-0.05, 0) is 41.8 Å². The number of benzene rings is 1. The molecule has 0 bridgehead atoms. The van der Waals surface area contributed by atoms with Crippen LogP contribution in [0.1, 0.15) is 26.4 Å². The zero-order valence-electron chi connectivity index (χ0n) is 12.9. The van der Waals surface area contributed by atoms with Crippen LogP contribution in [0.3, 0.4) is 0 Å². The number of pyridine rings is 1. The molecule has 0 aliphatic heterocycles. The van der Waals surface area contributed by atoms with Crippen molar-refractivity contribution in [3.05, 3.63) is 63.6 Å². The summed E-state index contributed by atoms with van der Waals surface area (Å²) < 4.78 is 40.1. The van der Waals surface area contributed by atoms with Crippen LogP contribution in [-0.2, 0) is 6.18 Å². The minimum absolute atomic E-state index is 0.163. The Morgan fingerprint density at radius 3 is 2.50 bits per heavy atom. The zero-order valence-corrected chi connectivity index (χ0v) is 14.5. The molecular weight excluding hydrogens is 389 g/mol. The van der Waals surface area contributed by atoms with E-state index in [0.29, 0.717) is 9.72 Å². The molecule has 0 aliphatic carbocycles. The maximum Gasteiger partial charge on any atom is 0.434 e. The number of nitrogens with zero attached hydrogens (tertiary/aromatic N) is 1. The number of carbonyl (C=O) groups excluding carboxylic acids is 2. The van der Waals surface area contributed by atoms with E-state index in [9.17, 15) is 22.8 Å². The number of amides is 1. The number of hydrogen-bond donors (Lipinski definition) is 1. The van der Waals surface area contributed by atoms with E-state index in [0.717, 1.165) is 6.07 Å². The van der Waals surface area contributed by atoms with E-state index in [4.69, 9.17) is 11.6 Å². The summed E-state index contributed by atoms with van der Waals surface area (Å²) in [5.74, 6) is -1.46. The molecule has 0 radical (unpaired) electrons. The fourth-order valence-corrected chi connectivity index (χ4v) is 3.17. The molecule has 9 heteroatoms. The molecule has 0 fully saturated rings. The van der Waals surface area contributed by atoms with Crippen molar-refractivity contribution in [2.45, 2.75) is 6.18 Å². The third kappa shape index (κ3) is 3.86. The van der Waals surface area contributed by atoms with E-state index in [1.54, 1.807) is 5.38 Å². The molecule has 0 aliphatic rings. The fourth-order valence-electron chi connectivity index (χ4n) is 2.28. The summed E-state index contributed by atoms with van der Waals surface area (Å²) in [5, 5.41) is 4.25. The topological polar surface area (TPSA) is 59.1 Å². The maximum absolute atomic E-state index is 13.2. The third-order valence-electron chi connectivity index (χ3n) is 3.53. The number of hydrogen-bond acceptors (Lipinski definition) is 4. The van der Waals surface area contributed by atoms with Gasteiger partial charge in [0.2, 0.25) is 0 Å². The zero-order chi connectivity index (χ0) is 18.9. The highest BCUT2D eigenvalue weighted by Gasteiger charge is 2.37. The Hall–Kier alpha value is -2.45. The molecule has 1 aromatic carbocycles. The first-order chi connectivity index (χ1) is 12.3. The van der Waals surface area contributed by atoms with Crippen molar-refractivity contribution in [1.82, 2.24) is 10.3 Å². The minimum Gasteiger partial charge on any atom is -0.345 e. The van der Waals surface area contributed by atoms with Crippen LogP contribution in [0.5, 0.6) is 0 Å². The summed E-state index contributed by atoms with van der Waals surface area (Å²) in [5.41, 5.74) is -1.44. The lowest BCUT2D eigenvalue weighted by atomic mass is 10.1. The van der Waals surface area contributed by atoms with Gasteiger partial charge >= 0.3 is 6.18 Å². The third-order valence-corrected chi connectivity index (χ3v) is 4.63. The molecule has 4 nitrogen and oxygen atoms in total. The second kappa shape index (κ2) is 7.05. The summed E-state index contributed by atoms with van der Waals surface area (Å²) in [6.07, 6.45) is -4.79. The van der Waals surface area contributed by atoms with Gasteiger partial charge in [0.25, 0.3) is 5.91 Å². The number of rotatable bonds is 4. The monoisotopic (exact) mass is 398 g/mol. The quantitative estimate of drug-likeness (QED) is 0.654. The Balaban J connectivity index is 1.83. The van der Waals surface area contributed by atoms with E-state index in [2.05, 4.69) is 10.3 Å². The van der Waals surface area contributed by atoms with Crippen molar-refractivity contribution in [3.63, 3.8) is 0 Å². The van der Waals surface area contributed by atoms with Gasteiger partial charge in [-0.2, -0.15) is 13.2 Å². The molecule has 26 heavy (non-hydrogen) atoms. The number of thiophene rings is 1. The van der Waals surface area contributed by atoms with Crippen molar-refractivity contribution in [1.29, 1.82) is 0 Å². The largest absolute Gasteiger partial charge is 0.434 e. The summed E-state index contributed by atoms with van der Waals surface area (Å²) in [7, 11) is 0. The van der Waals surface area contributed by atoms with E-state index >= 15 is 0 Å². The van der Waals surface area contributed by atoms with Crippen molar-refractivity contribution < 1.29 is 22.8 Å². The van der Waals surface area contributed by atoms with Gasteiger partial charge in [-0.1, -0.05) is 11.6 Å². The first-order valence-electron chi connectivity index (χ1n) is 7.28. The molecular formula is C17H10ClF3N2O2S. The van der Waals surface area contributed by atoms with E-state index < -0.39 is 35.7 Å². The number of fused-ring (bicyclic) bond motifs is 1. The number of alkyl halides is 3. The second-order valence-corrected chi connectivity index (χ2v) is 6.68. The molecule has 1 amide bonds. The molecule has 3 rings (SSSR count). The van der Waals surface area contributed by atoms with Gasteiger partial charge < -0.3 is 5.32 Å². The Kier molecular flexibility index (Phi) is 4.97. The van der Waals surface area contributed by atoms with Gasteiger partial charge in [-0.15, -0.1) is 11.3 Å². The van der Waals surface area contributed by atoms with Crippen molar-refractivity contribution >= 4 is 44.8 Å². The van der Waals surface area contributed by atoms with Gasteiger partial charge in [0.05, 0.1) is 22.3 Å². The van der Waals surface area contributed by atoms with Crippen LogP contribution in [0.2, 0.25) is 5.02 Å². The number of carbonyl (C=O) groups is 2. The number of halogens is 4. The number of nitrogens with one attached hydrogen (secondary N) is 1. The standard InChI is InChI=1S/C17H10ClF3N2O2S/c18-10-3-1-9(2-4-10)13(24)8-22-16(25)11-7-14-12(5-6-26-14)23-15(11)17(19,20)21/h1-7H,8H2,(H,22,25). The van der Waals surface area contributed by atoms with Crippen molar-refractivity contribution in [2.24, 2.45) is 0 Å². The molecule has 0 unspecified atom stereocenters. The predicted molar refractivity (Wildman–Crippen MR) is 92.7 cm³/mol. The van der Waals surface area contributed by atoms with Crippen LogP contribution < -0.4 is 5.32 Å². The van der Waals surface area contributed by atoms with Crippen LogP contribution in [0.4, 0.5) is 13.2 Å². The van der Waals surface area contributed by atoms with Gasteiger partial charge in [0.15, 0.2) is 11.5 Å². The molecule has 2 heterocycles. The molecule has 134 valence electrons. The Morgan fingerprint density at radius 2 is 1.85 bits per heavy atom. The summed E-state index contributed by atoms with van der Waals surface area (Å²) in [6, 6.07) is 8.54. The summed E-state index contributed by atoms with van der Waals surface area (Å²) >= 11 is 6.90. The van der Waals surface area contributed by atoms with Crippen LogP contribution in [-0.4, -0.2) is 23.2 Å². The van der Waals surface area contributed by atoms with Crippen LogP contribution in [0.25, 0.3) is 10.2 Å². The van der Waals surface area contributed by atoms with E-state index in [-0.39, 0.29) is 11.1 Å². The molecule has 0 saturated carbocycles. The molecule has 0 atom stereocenters. The number of aromatic nitrogens is 1. The highest BCUT2D eigenvalue weighted by atomic mass is 35.5. The first kappa shape index (κ1) is 18.3. The summed E-state index contributed by atoms with van der Waals surface area (Å²) in [4.78, 5) is 27.8. The first-order valence-corrected chi connectivity index (χ1v) is 8.54. The Bertz CT molecular complexity index is 984. The molecule has 3 aromatic rings. The minimum atomic E-state index is -4.79. The lowest BCUT2D eigenvalue weighted by Crippen LogP contribution is -2.31. The van der Waals surface area contributed by atoms with Gasteiger partial charge in [-0.3, -0.25) is 9.59 Å². The smallest absolute Gasteiger partial charge is 0.345 e. The Labute approximate surface area is 154 Å². The average Bonchev–Trinajstić information content (AvgIpc) is 3.05. The second-order valence-electron chi connectivity index (χ2n) is 5.30. The lowest BCUT2D eigenvalue weighted by molar-refractivity contribution is -0.141. The van der Waals surface area contributed by atoms with E-state index in [1.807, 2.05) is 0 Å². The Morgan fingerprint density at radius 1 is 1.15 bits per heavy atom. The highest BCUT2D eigenvalue weighted by molar-refractivity contribution is 7.17. The van der Waals surface area contributed by atoms with Gasteiger partial charge in [0.1, 0.15) is 0 Å². The summed E-state index contributed by atoms with van der Waals surface area (Å²) in [6.45, 7) is -0.444. The molecule has 1 N–H and O–H groups in total.